The molecule has 1 atom stereocenters. The van der Waals surface area contributed by atoms with E-state index in [2.05, 4.69) is 58.6 Å². The van der Waals surface area contributed by atoms with Gasteiger partial charge in [0.05, 0.1) is 0 Å². The van der Waals surface area contributed by atoms with Crippen LogP contribution in [-0.2, 0) is 0 Å². The minimum atomic E-state index is 0.708. The summed E-state index contributed by atoms with van der Waals surface area (Å²) < 4.78 is 0. The van der Waals surface area contributed by atoms with Gasteiger partial charge in [-0.15, -0.1) is 0 Å². The molecule has 0 aliphatic heterocycles. The topological polar surface area (TPSA) is 0 Å². The molecule has 0 N–H and O–H groups in total. The fourth-order valence-corrected chi connectivity index (χ4v) is 1.37. The second-order valence-electron chi connectivity index (χ2n) is 4.31. The second-order valence-corrected chi connectivity index (χ2v) is 4.31. The van der Waals surface area contributed by atoms with E-state index < -0.39 is 0 Å². The zero-order chi connectivity index (χ0) is 12.4. The van der Waals surface area contributed by atoms with Gasteiger partial charge in [-0.25, -0.2) is 0 Å². The molecule has 0 fully saturated rings. The Kier molecular flexibility index (Phi) is 8.61. The monoisotopic (exact) mass is 218 g/mol. The van der Waals surface area contributed by atoms with E-state index in [0.717, 1.165) is 12.8 Å². The van der Waals surface area contributed by atoms with Gasteiger partial charge in [0.15, 0.2) is 0 Å². The molecule has 90 valence electrons. The largest absolute Gasteiger partial charge is 0.0988 e. The molecule has 0 heteroatoms. The summed E-state index contributed by atoms with van der Waals surface area (Å²) in [7, 11) is 0. The van der Waals surface area contributed by atoms with E-state index >= 15 is 0 Å². The van der Waals surface area contributed by atoms with Crippen LogP contribution in [0.4, 0.5) is 0 Å². The van der Waals surface area contributed by atoms with Crippen LogP contribution < -0.4 is 0 Å². The molecule has 0 rings (SSSR count). The molecular weight excluding hydrogens is 192 g/mol. The summed E-state index contributed by atoms with van der Waals surface area (Å²) in [6, 6.07) is 0. The Hall–Kier alpha value is -1.04. The van der Waals surface area contributed by atoms with Gasteiger partial charge >= 0.3 is 0 Å². The molecule has 0 amide bonds. The van der Waals surface area contributed by atoms with Crippen LogP contribution in [-0.4, -0.2) is 0 Å². The predicted octanol–water partition coefficient (Wildman–Crippen LogP) is 5.45. The highest BCUT2D eigenvalue weighted by atomic mass is 14.0. The normalized spacial score (nSPS) is 15.5. The molecule has 0 heterocycles. The number of hydrogen-bond acceptors (Lipinski definition) is 0. The van der Waals surface area contributed by atoms with Gasteiger partial charge in [0.25, 0.3) is 0 Å². The standard InChI is InChI=1S/C16H26/c1-6-14(4)11-9-10-12-16(8-3)13-15(5)7-2/h7-9,11,13-14H,2,6,10,12H2,1,3-5H3/b11-9+,15-13-,16-8-. The van der Waals surface area contributed by atoms with Gasteiger partial charge in [-0.05, 0) is 32.6 Å². The number of hydrogen-bond donors (Lipinski definition) is 0. The Morgan fingerprint density at radius 3 is 2.56 bits per heavy atom. The van der Waals surface area contributed by atoms with Crippen molar-refractivity contribution in [2.24, 2.45) is 5.92 Å². The van der Waals surface area contributed by atoms with Crippen LogP contribution in [0.3, 0.4) is 0 Å². The molecule has 0 bridgehead atoms. The Balaban J connectivity index is 4.09. The lowest BCUT2D eigenvalue weighted by atomic mass is 10.0. The summed E-state index contributed by atoms with van der Waals surface area (Å²) in [5.41, 5.74) is 2.63. The number of allylic oxidation sites excluding steroid dienone is 7. The smallest absolute Gasteiger partial charge is 0.0247 e. The Morgan fingerprint density at radius 1 is 1.38 bits per heavy atom. The van der Waals surface area contributed by atoms with Crippen molar-refractivity contribution in [2.75, 3.05) is 0 Å². The number of rotatable bonds is 7. The van der Waals surface area contributed by atoms with Crippen LogP contribution in [0, 0.1) is 5.92 Å². The summed E-state index contributed by atoms with van der Waals surface area (Å²) in [4.78, 5) is 0. The van der Waals surface area contributed by atoms with E-state index in [4.69, 9.17) is 0 Å². The molecule has 0 radical (unpaired) electrons. The molecule has 0 nitrogen and oxygen atoms in total. The van der Waals surface area contributed by atoms with Crippen molar-refractivity contribution in [3.05, 3.63) is 48.1 Å². The van der Waals surface area contributed by atoms with E-state index in [1.165, 1.54) is 17.6 Å². The SMILES string of the molecule is C=C/C(C)=C\C(=C/C)CC/C=C/C(C)CC. The molecule has 1 unspecified atom stereocenters. The highest BCUT2D eigenvalue weighted by molar-refractivity contribution is 5.27. The first kappa shape index (κ1) is 15.0. The Bertz CT molecular complexity index is 276. The maximum atomic E-state index is 3.77. The van der Waals surface area contributed by atoms with Crippen molar-refractivity contribution >= 4 is 0 Å². The van der Waals surface area contributed by atoms with E-state index in [-0.39, 0.29) is 0 Å². The molecule has 0 saturated carbocycles. The third kappa shape index (κ3) is 7.28. The third-order valence-electron chi connectivity index (χ3n) is 2.81. The van der Waals surface area contributed by atoms with E-state index in [1.807, 2.05) is 6.08 Å². The molecule has 0 aromatic carbocycles. The zero-order valence-corrected chi connectivity index (χ0v) is 11.3. The summed E-state index contributed by atoms with van der Waals surface area (Å²) >= 11 is 0. The summed E-state index contributed by atoms with van der Waals surface area (Å²) in [5.74, 6) is 0.708. The van der Waals surface area contributed by atoms with Crippen molar-refractivity contribution < 1.29 is 0 Å². The van der Waals surface area contributed by atoms with E-state index in [1.54, 1.807) is 0 Å². The maximum Gasteiger partial charge on any atom is -0.0247 e. The van der Waals surface area contributed by atoms with Gasteiger partial charge < -0.3 is 0 Å². The highest BCUT2D eigenvalue weighted by Crippen LogP contribution is 2.12. The van der Waals surface area contributed by atoms with Crippen molar-refractivity contribution in [3.63, 3.8) is 0 Å². The fourth-order valence-electron chi connectivity index (χ4n) is 1.37. The zero-order valence-electron chi connectivity index (χ0n) is 11.3. The first-order chi connectivity index (χ1) is 7.63. The lowest BCUT2D eigenvalue weighted by molar-refractivity contribution is 0.694. The maximum absolute atomic E-state index is 3.77. The van der Waals surface area contributed by atoms with Crippen LogP contribution in [0.2, 0.25) is 0 Å². The quantitative estimate of drug-likeness (QED) is 0.394. The average Bonchev–Trinajstić information content (AvgIpc) is 2.32. The van der Waals surface area contributed by atoms with Gasteiger partial charge in [-0.3, -0.25) is 0 Å². The van der Waals surface area contributed by atoms with E-state index in [9.17, 15) is 0 Å². The first-order valence-electron chi connectivity index (χ1n) is 6.26. The van der Waals surface area contributed by atoms with Gasteiger partial charge in [-0.1, -0.05) is 68.4 Å². The van der Waals surface area contributed by atoms with Crippen molar-refractivity contribution in [1.29, 1.82) is 0 Å². The van der Waals surface area contributed by atoms with Gasteiger partial charge in [0.1, 0.15) is 0 Å². The third-order valence-corrected chi connectivity index (χ3v) is 2.81. The fraction of sp³-hybridized carbons (Fsp3) is 0.500. The van der Waals surface area contributed by atoms with Crippen LogP contribution in [0.5, 0.6) is 0 Å². The lowest BCUT2D eigenvalue weighted by Crippen LogP contribution is -1.85. The minimum Gasteiger partial charge on any atom is -0.0988 e. The summed E-state index contributed by atoms with van der Waals surface area (Å²) in [6.45, 7) is 12.4. The van der Waals surface area contributed by atoms with Gasteiger partial charge in [0, 0.05) is 0 Å². The minimum absolute atomic E-state index is 0.708. The molecule has 0 aliphatic carbocycles. The van der Waals surface area contributed by atoms with Crippen LogP contribution in [0.15, 0.2) is 48.1 Å². The molecule has 0 saturated heterocycles. The van der Waals surface area contributed by atoms with Crippen molar-refractivity contribution in [2.45, 2.75) is 47.0 Å². The van der Waals surface area contributed by atoms with Crippen LogP contribution in [0.25, 0.3) is 0 Å². The van der Waals surface area contributed by atoms with Crippen molar-refractivity contribution in [3.8, 4) is 0 Å². The summed E-state index contributed by atoms with van der Waals surface area (Å²) in [5, 5.41) is 0. The van der Waals surface area contributed by atoms with E-state index in [0.29, 0.717) is 5.92 Å². The second kappa shape index (κ2) is 9.21. The molecule has 0 spiro atoms. The molecule has 0 aliphatic rings. The molecular formula is C16H26. The highest BCUT2D eigenvalue weighted by Gasteiger charge is 1.93. The predicted molar refractivity (Wildman–Crippen MR) is 75.5 cm³/mol. The summed E-state index contributed by atoms with van der Waals surface area (Å²) in [6.07, 6.45) is 14.4. The lowest BCUT2D eigenvalue weighted by Gasteiger charge is -2.02. The Labute approximate surface area is 101 Å². The molecule has 16 heavy (non-hydrogen) atoms. The van der Waals surface area contributed by atoms with Crippen LogP contribution >= 0.6 is 0 Å². The molecule has 0 aromatic heterocycles. The molecule has 0 aromatic rings. The van der Waals surface area contributed by atoms with Crippen molar-refractivity contribution in [1.82, 2.24) is 0 Å². The van der Waals surface area contributed by atoms with Crippen LogP contribution in [0.1, 0.15) is 47.0 Å². The van der Waals surface area contributed by atoms with Gasteiger partial charge in [-0.2, -0.15) is 0 Å². The average molecular weight is 218 g/mol. The van der Waals surface area contributed by atoms with Gasteiger partial charge in [0.2, 0.25) is 0 Å². The Morgan fingerprint density at radius 2 is 2.06 bits per heavy atom. The first-order valence-corrected chi connectivity index (χ1v) is 6.26.